The van der Waals surface area contributed by atoms with Crippen molar-refractivity contribution >= 4 is 28.5 Å². The average Bonchev–Trinajstić information content (AvgIpc) is 2.45. The summed E-state index contributed by atoms with van der Waals surface area (Å²) in [6, 6.07) is 7.62. The lowest BCUT2D eigenvalue weighted by Crippen LogP contribution is -2.18. The number of rotatable bonds is 5. The zero-order chi connectivity index (χ0) is 13.7. The van der Waals surface area contributed by atoms with Gasteiger partial charge in [-0.15, -0.1) is 0 Å². The molecule has 0 saturated carbocycles. The number of methoxy groups -OCH3 is 1. The Morgan fingerprint density at radius 1 is 1.42 bits per heavy atom. The van der Waals surface area contributed by atoms with Crippen LogP contribution in [0.25, 0.3) is 10.9 Å². The van der Waals surface area contributed by atoms with Gasteiger partial charge in [0, 0.05) is 29.7 Å². The van der Waals surface area contributed by atoms with Gasteiger partial charge in [0.05, 0.1) is 19.0 Å². The highest BCUT2D eigenvalue weighted by molar-refractivity contribution is 6.35. The lowest BCUT2D eigenvalue weighted by atomic mass is 10.1. The van der Waals surface area contributed by atoms with Crippen molar-refractivity contribution in [1.82, 2.24) is 10.3 Å². The van der Waals surface area contributed by atoms with Crippen LogP contribution < -0.4 is 5.32 Å². The molecular weight excluding hydrogens is 264 g/mol. The van der Waals surface area contributed by atoms with Gasteiger partial charge in [0.15, 0.2) is 0 Å². The molecule has 0 aliphatic carbocycles. The summed E-state index contributed by atoms with van der Waals surface area (Å²) in [5, 5.41) is 4.83. The van der Waals surface area contributed by atoms with Gasteiger partial charge >= 0.3 is 5.97 Å². The number of hydrogen-bond donors (Lipinski definition) is 1. The Balaban J connectivity index is 2.05. The second-order valence-electron chi connectivity index (χ2n) is 4.11. The summed E-state index contributed by atoms with van der Waals surface area (Å²) in [6.45, 7) is 1.21. The van der Waals surface area contributed by atoms with Gasteiger partial charge in [0.1, 0.15) is 0 Å². The van der Waals surface area contributed by atoms with Crippen LogP contribution in [0.15, 0.2) is 30.5 Å². The van der Waals surface area contributed by atoms with Crippen molar-refractivity contribution in [3.8, 4) is 0 Å². The number of ether oxygens (including phenoxy) is 1. The first-order chi connectivity index (χ1) is 9.22. The maximum atomic E-state index is 11.0. The number of nitrogens with zero attached hydrogens (tertiary/aromatic N) is 1. The highest BCUT2D eigenvalue weighted by atomic mass is 35.5. The zero-order valence-corrected chi connectivity index (χ0v) is 11.4. The predicted molar refractivity (Wildman–Crippen MR) is 75.1 cm³/mol. The van der Waals surface area contributed by atoms with Gasteiger partial charge in [0.2, 0.25) is 0 Å². The van der Waals surface area contributed by atoms with E-state index in [9.17, 15) is 4.79 Å². The third kappa shape index (κ3) is 3.43. The van der Waals surface area contributed by atoms with E-state index in [0.29, 0.717) is 24.5 Å². The first kappa shape index (κ1) is 13.8. The van der Waals surface area contributed by atoms with Crippen molar-refractivity contribution in [2.75, 3.05) is 13.7 Å². The quantitative estimate of drug-likeness (QED) is 0.674. The normalized spacial score (nSPS) is 10.6. The number of halogens is 1. The molecule has 0 aliphatic rings. The first-order valence-electron chi connectivity index (χ1n) is 6.02. The fourth-order valence-electron chi connectivity index (χ4n) is 1.85. The molecule has 0 atom stereocenters. The van der Waals surface area contributed by atoms with Crippen molar-refractivity contribution in [2.24, 2.45) is 0 Å². The summed E-state index contributed by atoms with van der Waals surface area (Å²) >= 11 is 6.13. The van der Waals surface area contributed by atoms with E-state index in [0.717, 1.165) is 16.5 Å². The van der Waals surface area contributed by atoms with Crippen LogP contribution in [0.3, 0.4) is 0 Å². The number of carbonyl (C=O) groups excluding carboxylic acids is 1. The minimum absolute atomic E-state index is 0.216. The highest BCUT2D eigenvalue weighted by Crippen LogP contribution is 2.24. The van der Waals surface area contributed by atoms with E-state index in [1.54, 1.807) is 6.20 Å². The van der Waals surface area contributed by atoms with E-state index in [2.05, 4.69) is 15.0 Å². The molecule has 1 heterocycles. The summed E-state index contributed by atoms with van der Waals surface area (Å²) in [4.78, 5) is 15.3. The molecular formula is C14H15ClN2O2. The van der Waals surface area contributed by atoms with Gasteiger partial charge in [-0.1, -0.05) is 17.7 Å². The second-order valence-corrected chi connectivity index (χ2v) is 4.52. The van der Waals surface area contributed by atoms with Crippen LogP contribution >= 0.6 is 11.6 Å². The minimum Gasteiger partial charge on any atom is -0.469 e. The fraction of sp³-hybridized carbons (Fsp3) is 0.286. The molecule has 100 valence electrons. The van der Waals surface area contributed by atoms with Crippen LogP contribution in [0, 0.1) is 0 Å². The number of fused-ring (bicyclic) bond motifs is 1. The minimum atomic E-state index is -0.216. The molecule has 0 radical (unpaired) electrons. The Morgan fingerprint density at radius 2 is 2.26 bits per heavy atom. The lowest BCUT2D eigenvalue weighted by molar-refractivity contribution is -0.140. The highest BCUT2D eigenvalue weighted by Gasteiger charge is 2.05. The van der Waals surface area contributed by atoms with Crippen LogP contribution in [-0.4, -0.2) is 24.6 Å². The van der Waals surface area contributed by atoms with Gasteiger partial charge in [-0.25, -0.2) is 0 Å². The number of aromatic nitrogens is 1. The van der Waals surface area contributed by atoms with Crippen molar-refractivity contribution in [1.29, 1.82) is 0 Å². The molecule has 2 aromatic rings. The van der Waals surface area contributed by atoms with E-state index in [-0.39, 0.29) is 5.97 Å². The maximum Gasteiger partial charge on any atom is 0.306 e. The van der Waals surface area contributed by atoms with Gasteiger partial charge in [0.25, 0.3) is 0 Å². The molecule has 0 amide bonds. The van der Waals surface area contributed by atoms with Crippen molar-refractivity contribution in [3.63, 3.8) is 0 Å². The largest absolute Gasteiger partial charge is 0.469 e. The van der Waals surface area contributed by atoms with E-state index in [1.165, 1.54) is 7.11 Å². The molecule has 5 heteroatoms. The van der Waals surface area contributed by atoms with Crippen LogP contribution in [0.2, 0.25) is 5.02 Å². The molecule has 0 saturated heterocycles. The summed E-state index contributed by atoms with van der Waals surface area (Å²) in [6.07, 6.45) is 2.10. The Morgan fingerprint density at radius 3 is 3.05 bits per heavy atom. The molecule has 1 N–H and O–H groups in total. The summed E-state index contributed by atoms with van der Waals surface area (Å²) in [5.74, 6) is -0.216. The van der Waals surface area contributed by atoms with Crippen LogP contribution in [0.5, 0.6) is 0 Å². The van der Waals surface area contributed by atoms with Crippen LogP contribution in [-0.2, 0) is 16.1 Å². The van der Waals surface area contributed by atoms with Crippen molar-refractivity contribution < 1.29 is 9.53 Å². The summed E-state index contributed by atoms with van der Waals surface area (Å²) < 4.78 is 4.58. The van der Waals surface area contributed by atoms with E-state index >= 15 is 0 Å². The number of carbonyl (C=O) groups is 1. The molecule has 4 nitrogen and oxygen atoms in total. The predicted octanol–water partition coefficient (Wildman–Crippen LogP) is 2.54. The maximum absolute atomic E-state index is 11.0. The topological polar surface area (TPSA) is 51.2 Å². The average molecular weight is 279 g/mol. The SMILES string of the molecule is COC(=O)CCNCc1ccc(Cl)c2cccnc12. The number of hydrogen-bond acceptors (Lipinski definition) is 4. The molecule has 0 aliphatic heterocycles. The van der Waals surface area contributed by atoms with Gasteiger partial charge in [-0.2, -0.15) is 0 Å². The van der Waals surface area contributed by atoms with Gasteiger partial charge in [-0.3, -0.25) is 9.78 Å². The molecule has 1 aromatic heterocycles. The molecule has 0 bridgehead atoms. The van der Waals surface area contributed by atoms with Gasteiger partial charge in [-0.05, 0) is 23.8 Å². The number of esters is 1. The van der Waals surface area contributed by atoms with Gasteiger partial charge < -0.3 is 10.1 Å². The first-order valence-corrected chi connectivity index (χ1v) is 6.40. The monoisotopic (exact) mass is 278 g/mol. The Labute approximate surface area is 116 Å². The molecule has 19 heavy (non-hydrogen) atoms. The fourth-order valence-corrected chi connectivity index (χ4v) is 2.07. The summed E-state index contributed by atoms with van der Waals surface area (Å²) in [5.41, 5.74) is 1.95. The Kier molecular flexibility index (Phi) is 4.71. The number of pyridine rings is 1. The zero-order valence-electron chi connectivity index (χ0n) is 10.6. The lowest BCUT2D eigenvalue weighted by Gasteiger charge is -2.08. The van der Waals surface area contributed by atoms with Crippen molar-refractivity contribution in [3.05, 3.63) is 41.0 Å². The molecule has 0 fully saturated rings. The Bertz CT molecular complexity index is 587. The van der Waals surface area contributed by atoms with E-state index in [4.69, 9.17) is 11.6 Å². The molecule has 0 unspecified atom stereocenters. The third-order valence-electron chi connectivity index (χ3n) is 2.85. The number of benzene rings is 1. The second kappa shape index (κ2) is 6.50. The standard InChI is InChI=1S/C14H15ClN2O2/c1-19-13(18)6-8-16-9-10-4-5-12(15)11-3-2-7-17-14(10)11/h2-5,7,16H,6,8-9H2,1H3. The Hall–Kier alpha value is -1.65. The molecule has 1 aromatic carbocycles. The number of nitrogens with one attached hydrogen (secondary N) is 1. The third-order valence-corrected chi connectivity index (χ3v) is 3.18. The molecule has 2 rings (SSSR count). The molecule has 0 spiro atoms. The van der Waals surface area contributed by atoms with Crippen molar-refractivity contribution in [2.45, 2.75) is 13.0 Å². The van der Waals surface area contributed by atoms with E-state index in [1.807, 2.05) is 24.3 Å². The van der Waals surface area contributed by atoms with Crippen LogP contribution in [0.1, 0.15) is 12.0 Å². The smallest absolute Gasteiger partial charge is 0.306 e. The summed E-state index contributed by atoms with van der Waals surface area (Å²) in [7, 11) is 1.39. The van der Waals surface area contributed by atoms with Crippen LogP contribution in [0.4, 0.5) is 0 Å². The van der Waals surface area contributed by atoms with E-state index < -0.39 is 0 Å².